The summed E-state index contributed by atoms with van der Waals surface area (Å²) in [6, 6.07) is 1.89. The molecule has 7 heteroatoms. The summed E-state index contributed by atoms with van der Waals surface area (Å²) in [5.74, 6) is -1.05. The lowest BCUT2D eigenvalue weighted by atomic mass is 10.0. The van der Waals surface area contributed by atoms with Crippen molar-refractivity contribution in [1.29, 1.82) is 0 Å². The van der Waals surface area contributed by atoms with E-state index in [2.05, 4.69) is 0 Å². The summed E-state index contributed by atoms with van der Waals surface area (Å²) in [6.07, 6.45) is -6.50. The molecule has 0 aliphatic heterocycles. The smallest absolute Gasteiger partial charge is 0.386 e. The van der Waals surface area contributed by atoms with Gasteiger partial charge >= 0.3 is 6.18 Å². The minimum atomic E-state index is -4.78. The number of hydrogen-bond donors (Lipinski definition) is 1. The molecule has 0 aromatic heterocycles. The third-order valence-electron chi connectivity index (χ3n) is 1.88. The van der Waals surface area contributed by atoms with E-state index in [-0.39, 0.29) is 6.07 Å². The largest absolute Gasteiger partial charge is 0.416 e. The fourth-order valence-corrected chi connectivity index (χ4v) is 1.44. The van der Waals surface area contributed by atoms with Crippen LogP contribution in [0.15, 0.2) is 18.2 Å². The van der Waals surface area contributed by atoms with Crippen molar-refractivity contribution in [2.24, 2.45) is 0 Å². The van der Waals surface area contributed by atoms with Crippen molar-refractivity contribution in [3.8, 4) is 0 Å². The number of rotatable bonds is 2. The molecule has 0 fully saturated rings. The maximum atomic E-state index is 12.7. The predicted molar refractivity (Wildman–Crippen MR) is 51.9 cm³/mol. The lowest BCUT2D eigenvalue weighted by molar-refractivity contribution is -0.139. The van der Waals surface area contributed by atoms with Crippen LogP contribution in [0.4, 0.5) is 17.6 Å². The third-order valence-corrected chi connectivity index (χ3v) is 2.36. The molecule has 0 radical (unpaired) electrons. The third kappa shape index (κ3) is 2.99. The topological polar surface area (TPSA) is 20.2 Å². The summed E-state index contributed by atoms with van der Waals surface area (Å²) in [6.45, 7) is 0. The number of hydrogen-bond acceptors (Lipinski definition) is 1. The Morgan fingerprint density at radius 2 is 1.75 bits per heavy atom. The van der Waals surface area contributed by atoms with Gasteiger partial charge < -0.3 is 5.11 Å². The first-order valence-electron chi connectivity index (χ1n) is 4.06. The summed E-state index contributed by atoms with van der Waals surface area (Å²) in [7, 11) is 0. The van der Waals surface area contributed by atoms with E-state index < -0.39 is 34.1 Å². The normalized spacial score (nSPS) is 14.2. The maximum absolute atomic E-state index is 12.7. The van der Waals surface area contributed by atoms with Gasteiger partial charge in [0, 0.05) is 0 Å². The van der Waals surface area contributed by atoms with Crippen LogP contribution < -0.4 is 0 Å². The summed E-state index contributed by atoms with van der Waals surface area (Å²) in [4.78, 5) is -1.42. The van der Waals surface area contributed by atoms with Crippen LogP contribution in [-0.2, 0) is 6.18 Å². The minimum absolute atomic E-state index is 0.286. The van der Waals surface area contributed by atoms with E-state index in [1.807, 2.05) is 0 Å². The molecular formula is C9H6Cl2F4O. The highest BCUT2D eigenvalue weighted by Crippen LogP contribution is 2.37. The second-order valence-electron chi connectivity index (χ2n) is 3.01. The van der Waals surface area contributed by atoms with Crippen LogP contribution in [0.5, 0.6) is 0 Å². The Bertz CT molecular complexity index is 378. The van der Waals surface area contributed by atoms with Crippen LogP contribution in [0.3, 0.4) is 0 Å². The van der Waals surface area contributed by atoms with Gasteiger partial charge in [-0.1, -0.05) is 6.07 Å². The molecule has 1 unspecified atom stereocenters. The molecular weight excluding hydrogens is 271 g/mol. The Hall–Kier alpha value is -0.520. The van der Waals surface area contributed by atoms with Crippen molar-refractivity contribution >= 4 is 23.2 Å². The van der Waals surface area contributed by atoms with Gasteiger partial charge in [0.05, 0.1) is 5.56 Å². The number of benzene rings is 1. The first kappa shape index (κ1) is 13.5. The molecule has 16 heavy (non-hydrogen) atoms. The van der Waals surface area contributed by atoms with Gasteiger partial charge in [0.25, 0.3) is 0 Å². The number of halogens is 6. The van der Waals surface area contributed by atoms with E-state index in [1.165, 1.54) is 0 Å². The quantitative estimate of drug-likeness (QED) is 0.645. The fourth-order valence-electron chi connectivity index (χ4n) is 1.17. The first-order valence-corrected chi connectivity index (χ1v) is 4.93. The lowest BCUT2D eigenvalue weighted by Gasteiger charge is -2.18. The van der Waals surface area contributed by atoms with Gasteiger partial charge in [-0.2, -0.15) is 13.2 Å². The number of aliphatic hydroxyl groups excluding tert-OH is 1. The zero-order chi connectivity index (χ0) is 12.5. The summed E-state index contributed by atoms with van der Waals surface area (Å²) in [5.41, 5.74) is -1.84. The van der Waals surface area contributed by atoms with E-state index in [9.17, 15) is 22.7 Å². The van der Waals surface area contributed by atoms with Gasteiger partial charge in [0.15, 0.2) is 0 Å². The van der Waals surface area contributed by atoms with Crippen molar-refractivity contribution in [3.05, 3.63) is 35.1 Å². The highest BCUT2D eigenvalue weighted by molar-refractivity contribution is 6.44. The van der Waals surface area contributed by atoms with Crippen LogP contribution in [0.1, 0.15) is 17.2 Å². The molecule has 0 saturated heterocycles. The highest BCUT2D eigenvalue weighted by atomic mass is 35.5. The lowest BCUT2D eigenvalue weighted by Crippen LogP contribution is -2.15. The molecule has 0 heterocycles. The van der Waals surface area contributed by atoms with Crippen LogP contribution >= 0.6 is 23.2 Å². The predicted octanol–water partition coefficient (Wildman–Crippen LogP) is 3.68. The summed E-state index contributed by atoms with van der Waals surface area (Å²) >= 11 is 10.6. The minimum Gasteiger partial charge on any atom is -0.386 e. The highest BCUT2D eigenvalue weighted by Gasteiger charge is 2.36. The van der Waals surface area contributed by atoms with Gasteiger partial charge in [-0.3, -0.25) is 0 Å². The van der Waals surface area contributed by atoms with Gasteiger partial charge in [-0.05, 0) is 17.7 Å². The summed E-state index contributed by atoms with van der Waals surface area (Å²) < 4.78 is 50.2. The average Bonchev–Trinajstić information content (AvgIpc) is 2.15. The molecule has 1 aromatic rings. The Balaban J connectivity index is 3.29. The van der Waals surface area contributed by atoms with Crippen molar-refractivity contribution in [2.75, 3.05) is 0 Å². The van der Waals surface area contributed by atoms with Crippen LogP contribution in [0.2, 0.25) is 0 Å². The molecule has 0 bridgehead atoms. The number of alkyl halides is 5. The van der Waals surface area contributed by atoms with Crippen LogP contribution in [0, 0.1) is 5.82 Å². The second-order valence-corrected chi connectivity index (χ2v) is 4.17. The molecule has 1 nitrogen and oxygen atoms in total. The first-order chi connectivity index (χ1) is 7.23. The summed E-state index contributed by atoms with van der Waals surface area (Å²) in [5, 5.41) is 9.35. The standard InChI is InChI=1S/C9H6Cl2F4O/c10-8(11)7(16)5-2-1-4(12)3-6(5)9(13,14)15/h1-3,7-8,16H. The van der Waals surface area contributed by atoms with Gasteiger partial charge in [-0.15, -0.1) is 23.2 Å². The SMILES string of the molecule is OC(c1ccc(F)cc1C(F)(F)F)C(Cl)Cl. The second kappa shape index (κ2) is 4.77. The van der Waals surface area contributed by atoms with E-state index in [1.54, 1.807) is 0 Å². The van der Waals surface area contributed by atoms with Crippen molar-refractivity contribution in [1.82, 2.24) is 0 Å². The van der Waals surface area contributed by atoms with Crippen LogP contribution in [-0.4, -0.2) is 9.94 Å². The molecule has 0 aliphatic rings. The molecule has 0 aliphatic carbocycles. The molecule has 1 atom stereocenters. The Morgan fingerprint density at radius 1 is 1.19 bits per heavy atom. The molecule has 1 aromatic carbocycles. The fraction of sp³-hybridized carbons (Fsp3) is 0.333. The monoisotopic (exact) mass is 276 g/mol. The van der Waals surface area contributed by atoms with Crippen molar-refractivity contribution < 1.29 is 22.7 Å². The molecule has 0 amide bonds. The Labute approximate surface area is 98.6 Å². The Kier molecular flexibility index (Phi) is 4.04. The maximum Gasteiger partial charge on any atom is 0.416 e. The van der Waals surface area contributed by atoms with E-state index in [0.717, 1.165) is 12.1 Å². The van der Waals surface area contributed by atoms with Crippen molar-refractivity contribution in [3.63, 3.8) is 0 Å². The molecule has 1 rings (SSSR count). The average molecular weight is 277 g/mol. The molecule has 90 valence electrons. The zero-order valence-corrected chi connectivity index (χ0v) is 9.11. The molecule has 0 saturated carbocycles. The van der Waals surface area contributed by atoms with E-state index in [0.29, 0.717) is 0 Å². The van der Waals surface area contributed by atoms with E-state index in [4.69, 9.17) is 23.2 Å². The Morgan fingerprint density at radius 3 is 2.19 bits per heavy atom. The van der Waals surface area contributed by atoms with Gasteiger partial charge in [-0.25, -0.2) is 4.39 Å². The van der Waals surface area contributed by atoms with Crippen LogP contribution in [0.25, 0.3) is 0 Å². The van der Waals surface area contributed by atoms with Gasteiger partial charge in [0.1, 0.15) is 16.8 Å². The van der Waals surface area contributed by atoms with Gasteiger partial charge in [0.2, 0.25) is 0 Å². The zero-order valence-electron chi connectivity index (χ0n) is 7.60. The number of aliphatic hydroxyl groups is 1. The van der Waals surface area contributed by atoms with Crippen molar-refractivity contribution in [2.45, 2.75) is 17.1 Å². The molecule has 1 N–H and O–H groups in total. The molecule has 0 spiro atoms. The van der Waals surface area contributed by atoms with E-state index >= 15 is 0 Å².